The molecule has 0 saturated carbocycles. The largest absolute Gasteiger partial charge is 0.391 e. The van der Waals surface area contributed by atoms with Crippen LogP contribution in [0.25, 0.3) is 0 Å². The number of amides is 1. The molecule has 0 aromatic carbocycles. The van der Waals surface area contributed by atoms with E-state index < -0.39 is 0 Å². The number of carbonyl (C=O) groups is 1. The fraction of sp³-hybridized carbons (Fsp3) is 0.643. The number of likely N-dealkylation sites (tertiary alicyclic amines) is 1. The molecule has 1 fully saturated rings. The number of fused-ring (bicyclic) bond motifs is 1. The maximum absolute atomic E-state index is 12.6. The Balaban J connectivity index is 1.77. The number of rotatable bonds is 1. The van der Waals surface area contributed by atoms with Gasteiger partial charge in [0.1, 0.15) is 0 Å². The highest BCUT2D eigenvalue weighted by Crippen LogP contribution is 2.36. The van der Waals surface area contributed by atoms with Crippen molar-refractivity contribution in [3.8, 4) is 0 Å². The van der Waals surface area contributed by atoms with Gasteiger partial charge in [0, 0.05) is 18.0 Å². The molecule has 2 unspecified atom stereocenters. The number of aliphatic hydroxyl groups excluding tert-OH is 1. The molecule has 1 N–H and O–H groups in total. The van der Waals surface area contributed by atoms with Gasteiger partial charge in [-0.15, -0.1) is 11.3 Å². The van der Waals surface area contributed by atoms with Crippen LogP contribution in [0.5, 0.6) is 0 Å². The van der Waals surface area contributed by atoms with E-state index in [0.717, 1.165) is 38.6 Å². The lowest BCUT2D eigenvalue weighted by molar-refractivity contribution is -0.136. The van der Waals surface area contributed by atoms with E-state index >= 15 is 0 Å². The first-order valence-corrected chi connectivity index (χ1v) is 7.67. The summed E-state index contributed by atoms with van der Waals surface area (Å²) in [4.78, 5) is 15.8. The van der Waals surface area contributed by atoms with Crippen molar-refractivity contribution in [2.75, 3.05) is 13.1 Å². The van der Waals surface area contributed by atoms with Gasteiger partial charge in [-0.2, -0.15) is 0 Å². The van der Waals surface area contributed by atoms with Crippen molar-refractivity contribution in [2.45, 2.75) is 44.1 Å². The maximum Gasteiger partial charge on any atom is 0.230 e. The molecule has 1 amide bonds. The molecule has 2 atom stereocenters. The summed E-state index contributed by atoms with van der Waals surface area (Å²) in [6.45, 7) is 1.33. The summed E-state index contributed by atoms with van der Waals surface area (Å²) in [5.41, 5.74) is 1.25. The second kappa shape index (κ2) is 5.02. The number of hydrogen-bond donors (Lipinski definition) is 1. The Labute approximate surface area is 111 Å². The van der Waals surface area contributed by atoms with Crippen LogP contribution in [-0.2, 0) is 11.2 Å². The van der Waals surface area contributed by atoms with E-state index in [1.807, 2.05) is 4.90 Å². The average Bonchev–Trinajstić information content (AvgIpc) is 2.86. The summed E-state index contributed by atoms with van der Waals surface area (Å²) in [7, 11) is 0. The Hall–Kier alpha value is -0.870. The molecule has 1 aliphatic heterocycles. The fourth-order valence-electron chi connectivity index (χ4n) is 3.12. The molecule has 2 aliphatic rings. The van der Waals surface area contributed by atoms with Gasteiger partial charge in [-0.1, -0.05) is 0 Å². The zero-order chi connectivity index (χ0) is 12.5. The summed E-state index contributed by atoms with van der Waals surface area (Å²) in [6, 6.07) is 2.11. The Morgan fingerprint density at radius 1 is 1.39 bits per heavy atom. The molecular weight excluding hydrogens is 246 g/mol. The number of aryl methyl sites for hydroxylation is 1. The van der Waals surface area contributed by atoms with E-state index in [2.05, 4.69) is 11.4 Å². The zero-order valence-electron chi connectivity index (χ0n) is 10.5. The monoisotopic (exact) mass is 265 g/mol. The summed E-state index contributed by atoms with van der Waals surface area (Å²) in [5.74, 6) is 0.276. The van der Waals surface area contributed by atoms with Crippen LogP contribution in [0.2, 0.25) is 0 Å². The normalized spacial score (nSPS) is 27.9. The van der Waals surface area contributed by atoms with Gasteiger partial charge in [-0.25, -0.2) is 0 Å². The zero-order valence-corrected chi connectivity index (χ0v) is 11.3. The van der Waals surface area contributed by atoms with Crippen molar-refractivity contribution >= 4 is 17.2 Å². The molecule has 0 radical (unpaired) electrons. The maximum atomic E-state index is 12.6. The molecule has 3 rings (SSSR count). The van der Waals surface area contributed by atoms with Gasteiger partial charge in [0.15, 0.2) is 0 Å². The molecule has 1 aromatic heterocycles. The molecule has 3 nitrogen and oxygen atoms in total. The van der Waals surface area contributed by atoms with Gasteiger partial charge in [0.25, 0.3) is 0 Å². The molecule has 18 heavy (non-hydrogen) atoms. The summed E-state index contributed by atoms with van der Waals surface area (Å²) < 4.78 is 0. The number of nitrogens with zero attached hydrogens (tertiary/aromatic N) is 1. The van der Waals surface area contributed by atoms with E-state index in [4.69, 9.17) is 0 Å². The number of thiophene rings is 1. The van der Waals surface area contributed by atoms with E-state index in [1.54, 1.807) is 11.3 Å². The molecule has 1 aromatic rings. The summed E-state index contributed by atoms with van der Waals surface area (Å²) in [6.07, 6.45) is 4.64. The van der Waals surface area contributed by atoms with Gasteiger partial charge in [0.05, 0.1) is 12.0 Å². The van der Waals surface area contributed by atoms with E-state index in [1.165, 1.54) is 10.4 Å². The van der Waals surface area contributed by atoms with E-state index in [0.29, 0.717) is 6.54 Å². The predicted octanol–water partition coefficient (Wildman–Crippen LogP) is 2.15. The Morgan fingerprint density at radius 2 is 2.28 bits per heavy atom. The predicted molar refractivity (Wildman–Crippen MR) is 71.8 cm³/mol. The molecule has 2 heterocycles. The van der Waals surface area contributed by atoms with Crippen molar-refractivity contribution in [3.63, 3.8) is 0 Å². The Morgan fingerprint density at radius 3 is 3.11 bits per heavy atom. The Bertz CT molecular complexity index is 443. The minimum atomic E-state index is -0.326. The Kier molecular flexibility index (Phi) is 3.39. The highest BCUT2D eigenvalue weighted by molar-refractivity contribution is 7.10. The van der Waals surface area contributed by atoms with Gasteiger partial charge < -0.3 is 10.0 Å². The highest BCUT2D eigenvalue weighted by atomic mass is 32.1. The first-order chi connectivity index (χ1) is 8.75. The van der Waals surface area contributed by atoms with Gasteiger partial charge >= 0.3 is 0 Å². The van der Waals surface area contributed by atoms with Crippen LogP contribution < -0.4 is 0 Å². The lowest BCUT2D eigenvalue weighted by Crippen LogP contribution is -2.44. The number of carbonyl (C=O) groups excluding carboxylic acids is 1. The standard InChI is InChI=1S/C14H19NO2S/c16-10-3-2-7-15(9-10)14(17)12-4-1-5-13-11(12)6-8-18-13/h6,8,10,12,16H,1-5,7,9H2. The minimum Gasteiger partial charge on any atom is -0.391 e. The highest BCUT2D eigenvalue weighted by Gasteiger charge is 2.32. The SMILES string of the molecule is O=C(C1CCCc2sccc21)N1CCCC(O)C1. The smallest absolute Gasteiger partial charge is 0.230 e. The fourth-order valence-corrected chi connectivity index (χ4v) is 4.11. The van der Waals surface area contributed by atoms with Crippen molar-refractivity contribution in [1.82, 2.24) is 4.90 Å². The molecule has 1 aliphatic carbocycles. The molecule has 1 saturated heterocycles. The number of hydrogen-bond acceptors (Lipinski definition) is 3. The van der Waals surface area contributed by atoms with Crippen LogP contribution in [0.1, 0.15) is 42.0 Å². The topological polar surface area (TPSA) is 40.5 Å². The molecular formula is C14H19NO2S. The van der Waals surface area contributed by atoms with Crippen LogP contribution >= 0.6 is 11.3 Å². The third-order valence-electron chi connectivity index (χ3n) is 4.06. The molecule has 4 heteroatoms. The van der Waals surface area contributed by atoms with Crippen LogP contribution in [0.4, 0.5) is 0 Å². The van der Waals surface area contributed by atoms with Gasteiger partial charge in [-0.3, -0.25) is 4.79 Å². The summed E-state index contributed by atoms with van der Waals surface area (Å²) in [5, 5.41) is 11.8. The quantitative estimate of drug-likeness (QED) is 0.845. The average molecular weight is 265 g/mol. The molecule has 98 valence electrons. The van der Waals surface area contributed by atoms with Crippen LogP contribution in [0.15, 0.2) is 11.4 Å². The van der Waals surface area contributed by atoms with Crippen molar-refractivity contribution < 1.29 is 9.90 Å². The van der Waals surface area contributed by atoms with Gasteiger partial charge in [0.2, 0.25) is 5.91 Å². The first-order valence-electron chi connectivity index (χ1n) is 6.79. The minimum absolute atomic E-state index is 0.0466. The third-order valence-corrected chi connectivity index (χ3v) is 5.05. The van der Waals surface area contributed by atoms with Crippen LogP contribution in [0, 0.1) is 0 Å². The summed E-state index contributed by atoms with van der Waals surface area (Å²) >= 11 is 1.77. The van der Waals surface area contributed by atoms with E-state index in [9.17, 15) is 9.90 Å². The van der Waals surface area contributed by atoms with Crippen molar-refractivity contribution in [2.24, 2.45) is 0 Å². The molecule has 0 bridgehead atoms. The first kappa shape index (κ1) is 12.2. The van der Waals surface area contributed by atoms with Crippen molar-refractivity contribution in [1.29, 1.82) is 0 Å². The number of piperidine rings is 1. The number of β-amino-alcohol motifs (C(OH)–C–C–N with tert-alkyl or cyclic N) is 1. The van der Waals surface area contributed by atoms with Crippen LogP contribution in [0.3, 0.4) is 0 Å². The van der Waals surface area contributed by atoms with E-state index in [-0.39, 0.29) is 17.9 Å². The van der Waals surface area contributed by atoms with Crippen molar-refractivity contribution in [3.05, 3.63) is 21.9 Å². The second-order valence-corrected chi connectivity index (χ2v) is 6.32. The van der Waals surface area contributed by atoms with Crippen LogP contribution in [-0.4, -0.2) is 35.1 Å². The second-order valence-electron chi connectivity index (χ2n) is 5.32. The number of aliphatic hydroxyl groups is 1. The molecule has 0 spiro atoms. The lowest BCUT2D eigenvalue weighted by atomic mass is 9.86. The lowest BCUT2D eigenvalue weighted by Gasteiger charge is -2.34. The third kappa shape index (κ3) is 2.19. The van der Waals surface area contributed by atoms with Gasteiger partial charge in [-0.05, 0) is 49.1 Å².